The first-order valence-electron chi connectivity index (χ1n) is 5.77. The van der Waals surface area contributed by atoms with E-state index in [0.29, 0.717) is 10.2 Å². The van der Waals surface area contributed by atoms with Crippen LogP contribution in [-0.2, 0) is 14.8 Å². The Labute approximate surface area is 126 Å². The molecule has 6 nitrogen and oxygen atoms in total. The molecule has 0 radical (unpaired) electrons. The van der Waals surface area contributed by atoms with E-state index in [1.165, 1.54) is 25.3 Å². The number of rotatable bonds is 6. The van der Waals surface area contributed by atoms with Crippen molar-refractivity contribution < 1.29 is 23.1 Å². The second-order valence-electron chi connectivity index (χ2n) is 4.33. The fraction of sp³-hybridized carbons (Fsp3) is 0.417. The molecule has 0 aliphatic rings. The summed E-state index contributed by atoms with van der Waals surface area (Å²) in [6.45, 7) is 2.66. The van der Waals surface area contributed by atoms with E-state index in [9.17, 15) is 13.2 Å². The fourth-order valence-electron chi connectivity index (χ4n) is 1.62. The minimum absolute atomic E-state index is 0.00764. The molecule has 0 heterocycles. The van der Waals surface area contributed by atoms with Gasteiger partial charge in [0.1, 0.15) is 12.3 Å². The Morgan fingerprint density at radius 3 is 2.45 bits per heavy atom. The molecule has 0 aliphatic heterocycles. The Morgan fingerprint density at radius 2 is 2.05 bits per heavy atom. The van der Waals surface area contributed by atoms with Gasteiger partial charge in [-0.1, -0.05) is 0 Å². The van der Waals surface area contributed by atoms with Gasteiger partial charge in [0, 0.05) is 10.5 Å². The van der Waals surface area contributed by atoms with Gasteiger partial charge < -0.3 is 9.84 Å². The molecule has 0 saturated carbocycles. The zero-order chi connectivity index (χ0) is 15.5. The topological polar surface area (TPSA) is 83.9 Å². The number of sulfonamides is 1. The van der Waals surface area contributed by atoms with Crippen molar-refractivity contribution in [3.63, 3.8) is 0 Å². The van der Waals surface area contributed by atoms with Crippen molar-refractivity contribution >= 4 is 31.9 Å². The second-order valence-corrected chi connectivity index (χ2v) is 7.05. The monoisotopic (exact) mass is 365 g/mol. The first kappa shape index (κ1) is 16.9. The molecule has 8 heteroatoms. The third-order valence-corrected chi connectivity index (χ3v) is 5.59. The lowest BCUT2D eigenvalue weighted by Crippen LogP contribution is -2.40. The number of carboxylic acid groups (broad SMARTS) is 1. The number of benzene rings is 1. The number of carboxylic acids is 1. The van der Waals surface area contributed by atoms with Crippen molar-refractivity contribution in [2.45, 2.75) is 24.8 Å². The van der Waals surface area contributed by atoms with Gasteiger partial charge in [-0.25, -0.2) is 8.42 Å². The van der Waals surface area contributed by atoms with Crippen LogP contribution in [0.1, 0.15) is 13.8 Å². The molecule has 1 aromatic carbocycles. The molecule has 0 spiro atoms. The Hall–Kier alpha value is -1.12. The van der Waals surface area contributed by atoms with Gasteiger partial charge in [-0.15, -0.1) is 0 Å². The van der Waals surface area contributed by atoms with Gasteiger partial charge in [0.25, 0.3) is 0 Å². The molecule has 1 rings (SSSR count). The standard InChI is InChI=1S/C12H16BrNO5S/c1-8(2)14(7-12(15)16)20(17,18)11-5-4-9(19-3)6-10(11)13/h4-6,8H,7H2,1-3H3,(H,15,16). The maximum atomic E-state index is 12.5. The Bertz CT molecular complexity index is 600. The van der Waals surface area contributed by atoms with Crippen molar-refractivity contribution in [3.05, 3.63) is 22.7 Å². The molecule has 0 fully saturated rings. The predicted molar refractivity (Wildman–Crippen MR) is 77.4 cm³/mol. The minimum atomic E-state index is -3.90. The average molecular weight is 366 g/mol. The average Bonchev–Trinajstić information content (AvgIpc) is 2.34. The van der Waals surface area contributed by atoms with Gasteiger partial charge in [0.15, 0.2) is 0 Å². The molecule has 20 heavy (non-hydrogen) atoms. The number of aliphatic carboxylic acids is 1. The number of hydrogen-bond acceptors (Lipinski definition) is 4. The van der Waals surface area contributed by atoms with Crippen molar-refractivity contribution in [2.24, 2.45) is 0 Å². The number of methoxy groups -OCH3 is 1. The Morgan fingerprint density at radius 1 is 1.45 bits per heavy atom. The van der Waals surface area contributed by atoms with Crippen molar-refractivity contribution in [3.8, 4) is 5.75 Å². The number of halogens is 1. The molecule has 0 saturated heterocycles. The Balaban J connectivity index is 3.29. The van der Waals surface area contributed by atoms with Crippen LogP contribution in [0.4, 0.5) is 0 Å². The van der Waals surface area contributed by atoms with Crippen molar-refractivity contribution in [1.29, 1.82) is 0 Å². The number of nitrogens with zero attached hydrogens (tertiary/aromatic N) is 1. The van der Waals surface area contributed by atoms with Gasteiger partial charge in [0.05, 0.1) is 12.0 Å². The number of hydrogen-bond donors (Lipinski definition) is 1. The molecule has 0 aromatic heterocycles. The molecule has 0 aliphatic carbocycles. The quantitative estimate of drug-likeness (QED) is 0.832. The van der Waals surface area contributed by atoms with E-state index in [4.69, 9.17) is 9.84 Å². The van der Waals surface area contributed by atoms with Crippen LogP contribution >= 0.6 is 15.9 Å². The Kier molecular flexibility index (Phi) is 5.55. The van der Waals surface area contributed by atoms with Crippen LogP contribution in [0.2, 0.25) is 0 Å². The molecule has 1 aromatic rings. The van der Waals surface area contributed by atoms with Gasteiger partial charge in [-0.2, -0.15) is 4.31 Å². The van der Waals surface area contributed by atoms with Crippen molar-refractivity contribution in [1.82, 2.24) is 4.31 Å². The second kappa shape index (κ2) is 6.55. The highest BCUT2D eigenvalue weighted by Crippen LogP contribution is 2.29. The summed E-state index contributed by atoms with van der Waals surface area (Å²) in [5.74, 6) is -0.697. The molecule has 0 unspecified atom stereocenters. The molecule has 1 N–H and O–H groups in total. The summed E-state index contributed by atoms with van der Waals surface area (Å²) >= 11 is 3.17. The summed E-state index contributed by atoms with van der Waals surface area (Å²) < 4.78 is 31.3. The molecular weight excluding hydrogens is 350 g/mol. The third kappa shape index (κ3) is 3.71. The van der Waals surface area contributed by atoms with Crippen LogP contribution in [0.5, 0.6) is 5.75 Å². The van der Waals surface area contributed by atoms with Gasteiger partial charge in [0.2, 0.25) is 10.0 Å². The maximum Gasteiger partial charge on any atom is 0.318 e. The summed E-state index contributed by atoms with van der Waals surface area (Å²) in [5, 5.41) is 8.86. The van der Waals surface area contributed by atoms with Crippen LogP contribution in [0, 0.1) is 0 Å². The van der Waals surface area contributed by atoms with Crippen LogP contribution in [0.15, 0.2) is 27.6 Å². The summed E-state index contributed by atoms with van der Waals surface area (Å²) in [7, 11) is -2.43. The first-order chi connectivity index (χ1) is 9.20. The lowest BCUT2D eigenvalue weighted by Gasteiger charge is -2.24. The zero-order valence-electron chi connectivity index (χ0n) is 11.3. The zero-order valence-corrected chi connectivity index (χ0v) is 13.7. The first-order valence-corrected chi connectivity index (χ1v) is 8.00. The van der Waals surface area contributed by atoms with Crippen LogP contribution in [0.3, 0.4) is 0 Å². The number of carbonyl (C=O) groups is 1. The highest BCUT2D eigenvalue weighted by molar-refractivity contribution is 9.10. The van der Waals surface area contributed by atoms with E-state index in [1.807, 2.05) is 0 Å². The minimum Gasteiger partial charge on any atom is -0.497 e. The molecule has 0 atom stereocenters. The molecule has 112 valence electrons. The highest BCUT2D eigenvalue weighted by atomic mass is 79.9. The molecule has 0 bridgehead atoms. The van der Waals surface area contributed by atoms with E-state index in [-0.39, 0.29) is 4.90 Å². The summed E-state index contributed by atoms with van der Waals surface area (Å²) in [4.78, 5) is 10.8. The largest absolute Gasteiger partial charge is 0.497 e. The SMILES string of the molecule is COc1ccc(S(=O)(=O)N(CC(=O)O)C(C)C)c(Br)c1. The highest BCUT2D eigenvalue weighted by Gasteiger charge is 2.30. The normalized spacial score (nSPS) is 11.9. The lowest BCUT2D eigenvalue weighted by molar-refractivity contribution is -0.137. The van der Waals surface area contributed by atoms with E-state index in [2.05, 4.69) is 15.9 Å². The van der Waals surface area contributed by atoms with E-state index in [0.717, 1.165) is 4.31 Å². The van der Waals surface area contributed by atoms with Crippen molar-refractivity contribution in [2.75, 3.05) is 13.7 Å². The molecule has 0 amide bonds. The summed E-state index contributed by atoms with van der Waals surface area (Å²) in [5.41, 5.74) is 0. The number of ether oxygens (including phenoxy) is 1. The smallest absolute Gasteiger partial charge is 0.318 e. The van der Waals surface area contributed by atoms with Crippen LogP contribution < -0.4 is 4.74 Å². The third-order valence-electron chi connectivity index (χ3n) is 2.59. The fourth-order valence-corrected chi connectivity index (χ4v) is 4.23. The van der Waals surface area contributed by atoms with E-state index < -0.39 is 28.6 Å². The van der Waals surface area contributed by atoms with Crippen LogP contribution in [0.25, 0.3) is 0 Å². The van der Waals surface area contributed by atoms with Gasteiger partial charge >= 0.3 is 5.97 Å². The summed E-state index contributed by atoms with van der Waals surface area (Å²) in [6.07, 6.45) is 0. The van der Waals surface area contributed by atoms with Gasteiger partial charge in [-0.05, 0) is 48.0 Å². The lowest BCUT2D eigenvalue weighted by atomic mass is 10.3. The van der Waals surface area contributed by atoms with Gasteiger partial charge in [-0.3, -0.25) is 4.79 Å². The predicted octanol–water partition coefficient (Wildman–Crippen LogP) is 1.94. The van der Waals surface area contributed by atoms with Crippen LogP contribution in [-0.4, -0.2) is 43.5 Å². The van der Waals surface area contributed by atoms with E-state index in [1.54, 1.807) is 13.8 Å². The summed E-state index contributed by atoms with van der Waals surface area (Å²) in [6, 6.07) is 3.95. The maximum absolute atomic E-state index is 12.5. The van der Waals surface area contributed by atoms with E-state index >= 15 is 0 Å². The molecular formula is C12H16BrNO5S.